The SMILES string of the molecule is Cc1ccc(Cn2nc3c(c2Nc2ccccc2)C(=O)N(C)C2=N[C@@H]4CCC[C@@H]4N23)cc1F. The molecule has 168 valence electrons. The molecule has 1 fully saturated rings. The van der Waals surface area contributed by atoms with Crippen LogP contribution >= 0.6 is 0 Å². The van der Waals surface area contributed by atoms with Gasteiger partial charge in [-0.2, -0.15) is 5.10 Å². The van der Waals surface area contributed by atoms with Gasteiger partial charge in [0.1, 0.15) is 17.2 Å². The van der Waals surface area contributed by atoms with Crippen molar-refractivity contribution in [3.63, 3.8) is 0 Å². The maximum absolute atomic E-state index is 14.3. The molecule has 0 saturated heterocycles. The first-order valence-electron chi connectivity index (χ1n) is 11.3. The van der Waals surface area contributed by atoms with Gasteiger partial charge < -0.3 is 5.32 Å². The average molecular weight is 445 g/mol. The Morgan fingerprint density at radius 1 is 1.15 bits per heavy atom. The van der Waals surface area contributed by atoms with Crippen molar-refractivity contribution < 1.29 is 9.18 Å². The molecule has 3 heterocycles. The van der Waals surface area contributed by atoms with Gasteiger partial charge in [0.15, 0.2) is 5.82 Å². The maximum atomic E-state index is 14.3. The van der Waals surface area contributed by atoms with Crippen LogP contribution in [0.4, 0.5) is 21.7 Å². The van der Waals surface area contributed by atoms with Crippen molar-refractivity contribution >= 4 is 29.2 Å². The van der Waals surface area contributed by atoms with E-state index in [-0.39, 0.29) is 23.8 Å². The second-order valence-corrected chi connectivity index (χ2v) is 9.01. The third-order valence-corrected chi connectivity index (χ3v) is 6.86. The zero-order valence-corrected chi connectivity index (χ0v) is 18.6. The number of rotatable bonds is 4. The van der Waals surface area contributed by atoms with Crippen LogP contribution in [0.2, 0.25) is 0 Å². The Hall–Kier alpha value is -3.68. The third kappa shape index (κ3) is 3.12. The normalized spacial score (nSPS) is 21.1. The maximum Gasteiger partial charge on any atom is 0.267 e. The highest BCUT2D eigenvalue weighted by atomic mass is 19.1. The van der Waals surface area contributed by atoms with Gasteiger partial charge in [0.05, 0.1) is 18.6 Å². The number of benzene rings is 2. The Bertz CT molecular complexity index is 1280. The number of halogens is 1. The molecular weight excluding hydrogens is 419 g/mol. The molecule has 1 saturated carbocycles. The summed E-state index contributed by atoms with van der Waals surface area (Å²) in [4.78, 5) is 22.1. The van der Waals surface area contributed by atoms with Crippen LogP contribution in [0, 0.1) is 12.7 Å². The largest absolute Gasteiger partial charge is 0.340 e. The van der Waals surface area contributed by atoms with Gasteiger partial charge in [0.2, 0.25) is 5.96 Å². The lowest BCUT2D eigenvalue weighted by atomic mass is 10.1. The van der Waals surface area contributed by atoms with E-state index in [2.05, 4.69) is 10.2 Å². The third-order valence-electron chi connectivity index (χ3n) is 6.86. The van der Waals surface area contributed by atoms with Crippen LogP contribution in [-0.2, 0) is 6.54 Å². The summed E-state index contributed by atoms with van der Waals surface area (Å²) < 4.78 is 16.0. The van der Waals surface area contributed by atoms with Crippen LogP contribution in [0.1, 0.15) is 40.7 Å². The number of carbonyl (C=O) groups is 1. The Balaban J connectivity index is 1.49. The van der Waals surface area contributed by atoms with Gasteiger partial charge in [0, 0.05) is 12.7 Å². The van der Waals surface area contributed by atoms with Crippen LogP contribution in [0.5, 0.6) is 0 Å². The molecule has 1 N–H and O–H groups in total. The van der Waals surface area contributed by atoms with Gasteiger partial charge in [-0.3, -0.25) is 14.6 Å². The smallest absolute Gasteiger partial charge is 0.267 e. The van der Waals surface area contributed by atoms with Gasteiger partial charge in [-0.05, 0) is 55.5 Å². The first-order valence-corrected chi connectivity index (χ1v) is 11.3. The number of aromatic nitrogens is 2. The standard InChI is InChI=1S/C25H25FN6O/c1-15-11-12-16(13-18(15)26)14-31-22(27-17-7-4-3-5-8-17)21-23(29-31)32-20-10-6-9-19(20)28-25(32)30(2)24(21)33/h3-5,7-8,11-13,19-20,27H,6,9-10,14H2,1-2H3/t19-,20+/m1/s1. The van der Waals surface area contributed by atoms with Crippen LogP contribution in [-0.4, -0.2) is 45.7 Å². The lowest BCUT2D eigenvalue weighted by Gasteiger charge is -2.34. The summed E-state index contributed by atoms with van der Waals surface area (Å²) in [7, 11) is 1.77. The van der Waals surface area contributed by atoms with E-state index in [1.54, 1.807) is 29.6 Å². The molecule has 0 radical (unpaired) electrons. The highest BCUT2D eigenvalue weighted by molar-refractivity contribution is 6.21. The van der Waals surface area contributed by atoms with Crippen LogP contribution in [0.25, 0.3) is 0 Å². The summed E-state index contributed by atoms with van der Waals surface area (Å²) in [6.45, 7) is 2.08. The minimum Gasteiger partial charge on any atom is -0.340 e. The van der Waals surface area contributed by atoms with Gasteiger partial charge >= 0.3 is 0 Å². The zero-order valence-electron chi connectivity index (χ0n) is 18.6. The summed E-state index contributed by atoms with van der Waals surface area (Å²) in [6, 6.07) is 15.3. The van der Waals surface area contributed by atoms with E-state index in [0.717, 1.165) is 30.5 Å². The predicted octanol–water partition coefficient (Wildman–Crippen LogP) is 4.31. The lowest BCUT2D eigenvalue weighted by molar-refractivity contribution is 0.0866. The molecule has 2 aromatic carbocycles. The van der Waals surface area contributed by atoms with E-state index in [9.17, 15) is 9.18 Å². The van der Waals surface area contributed by atoms with Gasteiger partial charge in [0.25, 0.3) is 5.91 Å². The van der Waals surface area contributed by atoms with Crippen molar-refractivity contribution in [1.29, 1.82) is 0 Å². The second kappa shape index (κ2) is 7.43. The Kier molecular flexibility index (Phi) is 4.50. The van der Waals surface area contributed by atoms with E-state index in [1.807, 2.05) is 36.4 Å². The molecule has 1 amide bonds. The van der Waals surface area contributed by atoms with Crippen LogP contribution in [0.3, 0.4) is 0 Å². The molecule has 0 spiro atoms. The number of guanidine groups is 1. The van der Waals surface area contributed by atoms with E-state index in [1.165, 1.54) is 6.07 Å². The number of fused-ring (bicyclic) bond motifs is 5. The monoisotopic (exact) mass is 444 g/mol. The minimum atomic E-state index is -0.249. The molecule has 0 unspecified atom stereocenters. The fourth-order valence-electron chi connectivity index (χ4n) is 5.11. The minimum absolute atomic E-state index is 0.139. The van der Waals surface area contributed by atoms with Crippen LogP contribution in [0.15, 0.2) is 53.5 Å². The number of carbonyl (C=O) groups excluding carboxylic acids is 1. The zero-order chi connectivity index (χ0) is 22.7. The number of hydrogen-bond donors (Lipinski definition) is 1. The number of aryl methyl sites for hydroxylation is 1. The molecular formula is C25H25FN6O. The van der Waals surface area contributed by atoms with Crippen molar-refractivity contribution in [2.24, 2.45) is 4.99 Å². The van der Waals surface area contributed by atoms with Crippen molar-refractivity contribution in [2.45, 2.75) is 44.8 Å². The molecule has 0 bridgehead atoms. The van der Waals surface area contributed by atoms with Gasteiger partial charge in [-0.1, -0.05) is 30.3 Å². The van der Waals surface area contributed by atoms with Crippen molar-refractivity contribution in [3.8, 4) is 0 Å². The molecule has 8 heteroatoms. The number of amides is 1. The number of aliphatic imine (C=N–C) groups is 1. The summed E-state index contributed by atoms with van der Waals surface area (Å²) in [5.74, 6) is 1.53. The Labute approximate surface area is 191 Å². The van der Waals surface area contributed by atoms with E-state index >= 15 is 0 Å². The molecule has 3 aliphatic rings. The fourth-order valence-corrected chi connectivity index (χ4v) is 5.11. The van der Waals surface area contributed by atoms with Crippen molar-refractivity contribution in [3.05, 3.63) is 71.0 Å². The molecule has 2 atom stereocenters. The molecule has 1 aromatic heterocycles. The molecule has 7 nitrogen and oxygen atoms in total. The molecule has 33 heavy (non-hydrogen) atoms. The number of anilines is 3. The Morgan fingerprint density at radius 2 is 1.97 bits per heavy atom. The van der Waals surface area contributed by atoms with E-state index in [4.69, 9.17) is 10.1 Å². The topological polar surface area (TPSA) is 65.8 Å². The number of para-hydroxylation sites is 1. The van der Waals surface area contributed by atoms with E-state index < -0.39 is 0 Å². The summed E-state index contributed by atoms with van der Waals surface area (Å²) >= 11 is 0. The second-order valence-electron chi connectivity index (χ2n) is 9.01. The Morgan fingerprint density at radius 3 is 2.76 bits per heavy atom. The summed E-state index contributed by atoms with van der Waals surface area (Å²) in [6.07, 6.45) is 3.17. The fraction of sp³-hybridized carbons (Fsp3) is 0.320. The molecule has 3 aromatic rings. The number of hydrogen-bond acceptors (Lipinski definition) is 5. The molecule has 1 aliphatic carbocycles. The number of nitrogens with one attached hydrogen (secondary N) is 1. The quantitative estimate of drug-likeness (QED) is 0.652. The highest BCUT2D eigenvalue weighted by Gasteiger charge is 2.49. The van der Waals surface area contributed by atoms with Crippen LogP contribution < -0.4 is 10.2 Å². The van der Waals surface area contributed by atoms with Crippen molar-refractivity contribution in [2.75, 3.05) is 17.3 Å². The van der Waals surface area contributed by atoms with Gasteiger partial charge in [-0.15, -0.1) is 0 Å². The average Bonchev–Trinajstić information content (AvgIpc) is 3.49. The number of nitrogens with zero attached hydrogens (tertiary/aromatic N) is 5. The van der Waals surface area contributed by atoms with Crippen molar-refractivity contribution in [1.82, 2.24) is 14.7 Å². The molecule has 6 rings (SSSR count). The van der Waals surface area contributed by atoms with Gasteiger partial charge in [-0.25, -0.2) is 14.1 Å². The summed E-state index contributed by atoms with van der Waals surface area (Å²) in [5, 5.41) is 8.32. The molecule has 2 aliphatic heterocycles. The highest BCUT2D eigenvalue weighted by Crippen LogP contribution is 2.42. The lowest BCUT2D eigenvalue weighted by Crippen LogP contribution is -2.51. The first-order chi connectivity index (χ1) is 16.0. The predicted molar refractivity (Wildman–Crippen MR) is 126 cm³/mol. The van der Waals surface area contributed by atoms with E-state index in [0.29, 0.717) is 35.3 Å². The summed E-state index contributed by atoms with van der Waals surface area (Å²) in [5.41, 5.74) is 2.76. The first kappa shape index (κ1) is 20.0.